The van der Waals surface area contributed by atoms with Crippen LogP contribution in [0.25, 0.3) is 11.3 Å². The molecule has 1 atom stereocenters. The molecule has 30 heavy (non-hydrogen) atoms. The number of piperidine rings is 1. The van der Waals surface area contributed by atoms with Crippen molar-refractivity contribution in [2.45, 2.75) is 38.6 Å². The van der Waals surface area contributed by atoms with Crippen molar-refractivity contribution in [1.29, 1.82) is 0 Å². The van der Waals surface area contributed by atoms with Crippen LogP contribution in [-0.2, 0) is 9.59 Å². The SMILES string of the molecule is CCC1CCCCN1C(=O)CSCC(=O)Nc1nc(-c2ccc3c(c2)OCO3)cs1. The molecule has 1 unspecified atom stereocenters. The van der Waals surface area contributed by atoms with Crippen LogP contribution in [0.3, 0.4) is 0 Å². The van der Waals surface area contributed by atoms with Gasteiger partial charge in [0.1, 0.15) is 0 Å². The number of thioether (sulfide) groups is 1. The first-order valence-electron chi connectivity index (χ1n) is 10.2. The van der Waals surface area contributed by atoms with Crippen molar-refractivity contribution in [3.63, 3.8) is 0 Å². The molecule has 1 fully saturated rings. The summed E-state index contributed by atoms with van der Waals surface area (Å²) in [5.74, 6) is 1.98. The predicted molar refractivity (Wildman–Crippen MR) is 119 cm³/mol. The maximum atomic E-state index is 12.5. The standard InChI is InChI=1S/C21H25N3O4S2/c1-2-15-5-3-4-8-24(15)20(26)12-29-11-19(25)23-21-22-16(10-30-21)14-6-7-17-18(9-14)28-13-27-17/h6-7,9-10,15H,2-5,8,11-13H2,1H3,(H,22,23,25). The summed E-state index contributed by atoms with van der Waals surface area (Å²) in [5.41, 5.74) is 1.68. The van der Waals surface area contributed by atoms with Gasteiger partial charge in [-0.2, -0.15) is 0 Å². The van der Waals surface area contributed by atoms with E-state index in [2.05, 4.69) is 17.2 Å². The van der Waals surface area contributed by atoms with Gasteiger partial charge in [-0.25, -0.2) is 4.98 Å². The Kier molecular flexibility index (Phi) is 6.79. The zero-order valence-electron chi connectivity index (χ0n) is 16.9. The minimum atomic E-state index is -0.148. The van der Waals surface area contributed by atoms with Gasteiger partial charge >= 0.3 is 0 Å². The fourth-order valence-electron chi connectivity index (χ4n) is 3.74. The fraction of sp³-hybridized carbons (Fsp3) is 0.476. The molecule has 1 aromatic carbocycles. The monoisotopic (exact) mass is 447 g/mol. The Morgan fingerprint density at radius 3 is 3.00 bits per heavy atom. The van der Waals surface area contributed by atoms with Crippen molar-refractivity contribution in [1.82, 2.24) is 9.88 Å². The second-order valence-electron chi connectivity index (χ2n) is 7.29. The lowest BCUT2D eigenvalue weighted by molar-refractivity contribution is -0.132. The van der Waals surface area contributed by atoms with Crippen molar-refractivity contribution in [3.8, 4) is 22.8 Å². The highest BCUT2D eigenvalue weighted by molar-refractivity contribution is 8.00. The van der Waals surface area contributed by atoms with Gasteiger partial charge in [0, 0.05) is 23.5 Å². The van der Waals surface area contributed by atoms with E-state index in [9.17, 15) is 9.59 Å². The molecule has 2 aromatic rings. The predicted octanol–water partition coefficient (Wildman–Crippen LogP) is 4.00. The Bertz CT molecular complexity index is 917. The number of rotatable bonds is 7. The molecule has 3 heterocycles. The van der Waals surface area contributed by atoms with E-state index in [1.54, 1.807) is 0 Å². The number of aromatic nitrogens is 1. The van der Waals surface area contributed by atoms with Crippen LogP contribution in [0.4, 0.5) is 5.13 Å². The zero-order valence-corrected chi connectivity index (χ0v) is 18.5. The molecule has 2 amide bonds. The van der Waals surface area contributed by atoms with Crippen LogP contribution in [0.1, 0.15) is 32.6 Å². The number of ether oxygens (including phenoxy) is 2. The lowest BCUT2D eigenvalue weighted by atomic mass is 10.0. The van der Waals surface area contributed by atoms with Crippen LogP contribution in [0.5, 0.6) is 11.5 Å². The molecular weight excluding hydrogens is 422 g/mol. The summed E-state index contributed by atoms with van der Waals surface area (Å²) < 4.78 is 10.7. The number of nitrogens with one attached hydrogen (secondary N) is 1. The average molecular weight is 448 g/mol. The van der Waals surface area contributed by atoms with Crippen LogP contribution in [0, 0.1) is 0 Å². The number of benzene rings is 1. The minimum Gasteiger partial charge on any atom is -0.454 e. The van der Waals surface area contributed by atoms with Crippen LogP contribution < -0.4 is 14.8 Å². The van der Waals surface area contributed by atoms with Gasteiger partial charge in [-0.05, 0) is 43.9 Å². The maximum Gasteiger partial charge on any atom is 0.236 e. The Hall–Kier alpha value is -2.26. The maximum absolute atomic E-state index is 12.5. The topological polar surface area (TPSA) is 80.8 Å². The number of fused-ring (bicyclic) bond motifs is 1. The molecule has 1 N–H and O–H groups in total. The van der Waals surface area contributed by atoms with Crippen LogP contribution in [-0.4, -0.2) is 52.6 Å². The smallest absolute Gasteiger partial charge is 0.236 e. The van der Waals surface area contributed by atoms with Crippen molar-refractivity contribution in [2.75, 3.05) is 30.2 Å². The van der Waals surface area contributed by atoms with Crippen molar-refractivity contribution in [3.05, 3.63) is 23.6 Å². The summed E-state index contributed by atoms with van der Waals surface area (Å²) in [6.07, 6.45) is 4.35. The molecule has 9 heteroatoms. The van der Waals surface area contributed by atoms with E-state index in [-0.39, 0.29) is 24.4 Å². The van der Waals surface area contributed by atoms with Gasteiger partial charge in [-0.15, -0.1) is 23.1 Å². The van der Waals surface area contributed by atoms with E-state index < -0.39 is 0 Å². The third-order valence-corrected chi connectivity index (χ3v) is 6.97. The first-order valence-corrected chi connectivity index (χ1v) is 12.2. The second-order valence-corrected chi connectivity index (χ2v) is 9.14. The van der Waals surface area contributed by atoms with Gasteiger partial charge in [0.2, 0.25) is 18.6 Å². The van der Waals surface area contributed by atoms with Gasteiger partial charge in [-0.3, -0.25) is 9.59 Å². The molecule has 1 aromatic heterocycles. The molecule has 2 aliphatic heterocycles. The quantitative estimate of drug-likeness (QED) is 0.691. The number of amides is 2. The number of likely N-dealkylation sites (tertiary alicyclic amines) is 1. The van der Waals surface area contributed by atoms with Gasteiger partial charge < -0.3 is 19.7 Å². The molecule has 0 radical (unpaired) electrons. The van der Waals surface area contributed by atoms with Gasteiger partial charge in [0.25, 0.3) is 0 Å². The lowest BCUT2D eigenvalue weighted by Crippen LogP contribution is -2.44. The summed E-state index contributed by atoms with van der Waals surface area (Å²) in [7, 11) is 0. The van der Waals surface area contributed by atoms with Crippen LogP contribution in [0.2, 0.25) is 0 Å². The largest absolute Gasteiger partial charge is 0.454 e. The van der Waals surface area contributed by atoms with Crippen molar-refractivity contribution < 1.29 is 19.1 Å². The summed E-state index contributed by atoms with van der Waals surface area (Å²) in [6, 6.07) is 6.01. The summed E-state index contributed by atoms with van der Waals surface area (Å²) >= 11 is 2.73. The molecule has 1 saturated heterocycles. The Labute approximate surface area is 184 Å². The normalized spacial score (nSPS) is 17.8. The number of hydrogen-bond acceptors (Lipinski definition) is 7. The molecule has 0 saturated carbocycles. The zero-order chi connectivity index (χ0) is 20.9. The molecule has 0 spiro atoms. The number of carbonyl (C=O) groups excluding carboxylic acids is 2. The molecule has 0 aliphatic carbocycles. The first-order chi connectivity index (χ1) is 14.6. The highest BCUT2D eigenvalue weighted by Crippen LogP contribution is 2.36. The summed E-state index contributed by atoms with van der Waals surface area (Å²) in [4.78, 5) is 31.2. The van der Waals surface area contributed by atoms with E-state index in [0.717, 1.165) is 42.8 Å². The van der Waals surface area contributed by atoms with E-state index in [1.165, 1.54) is 29.5 Å². The average Bonchev–Trinajstić information content (AvgIpc) is 3.42. The Morgan fingerprint density at radius 1 is 1.27 bits per heavy atom. The molecule has 160 valence electrons. The molecule has 0 bridgehead atoms. The van der Waals surface area contributed by atoms with Gasteiger partial charge in [0.05, 0.1) is 17.2 Å². The van der Waals surface area contributed by atoms with Gasteiger partial charge in [-0.1, -0.05) is 6.92 Å². The molecule has 2 aliphatic rings. The van der Waals surface area contributed by atoms with E-state index in [1.807, 2.05) is 28.5 Å². The first kappa shape index (κ1) is 21.0. The second kappa shape index (κ2) is 9.70. The van der Waals surface area contributed by atoms with Crippen LogP contribution in [0.15, 0.2) is 23.6 Å². The number of thiazole rings is 1. The number of nitrogens with zero attached hydrogens (tertiary/aromatic N) is 2. The van der Waals surface area contributed by atoms with E-state index >= 15 is 0 Å². The van der Waals surface area contributed by atoms with Crippen molar-refractivity contribution >= 4 is 40.0 Å². The number of carbonyl (C=O) groups is 2. The van der Waals surface area contributed by atoms with Crippen LogP contribution >= 0.6 is 23.1 Å². The number of anilines is 1. The van der Waals surface area contributed by atoms with Gasteiger partial charge in [0.15, 0.2) is 16.6 Å². The Morgan fingerprint density at radius 2 is 2.13 bits per heavy atom. The summed E-state index contributed by atoms with van der Waals surface area (Å²) in [5, 5.41) is 5.26. The molecule has 4 rings (SSSR count). The third kappa shape index (κ3) is 4.89. The van der Waals surface area contributed by atoms with E-state index in [4.69, 9.17) is 9.47 Å². The van der Waals surface area contributed by atoms with E-state index in [0.29, 0.717) is 22.7 Å². The molecule has 7 nitrogen and oxygen atoms in total. The summed E-state index contributed by atoms with van der Waals surface area (Å²) in [6.45, 7) is 3.20. The lowest BCUT2D eigenvalue weighted by Gasteiger charge is -2.35. The number of hydrogen-bond donors (Lipinski definition) is 1. The molecular formula is C21H25N3O4S2. The Balaban J connectivity index is 1.25. The fourth-order valence-corrected chi connectivity index (χ4v) is 5.18. The highest BCUT2D eigenvalue weighted by atomic mass is 32.2. The van der Waals surface area contributed by atoms with Crippen molar-refractivity contribution in [2.24, 2.45) is 0 Å². The third-order valence-electron chi connectivity index (χ3n) is 5.30. The highest BCUT2D eigenvalue weighted by Gasteiger charge is 2.25. The minimum absolute atomic E-state index is 0.138.